The van der Waals surface area contributed by atoms with Crippen LogP contribution in [0.3, 0.4) is 0 Å². The highest BCUT2D eigenvalue weighted by molar-refractivity contribution is 7.47. The van der Waals surface area contributed by atoms with Crippen LogP contribution >= 0.6 is 15.6 Å². The van der Waals surface area contributed by atoms with Gasteiger partial charge in [-0.25, -0.2) is 9.13 Å². The molecule has 0 bridgehead atoms. The fourth-order valence-electron chi connectivity index (χ4n) is 8.29. The van der Waals surface area contributed by atoms with E-state index in [1.165, 1.54) is 89.9 Å². The lowest BCUT2D eigenvalue weighted by molar-refractivity contribution is -0.161. The fraction of sp³-hybridized carbons (Fsp3) is 0.880. The lowest BCUT2D eigenvalue weighted by Crippen LogP contribution is -2.30. The van der Waals surface area contributed by atoms with Gasteiger partial charge >= 0.3 is 27.6 Å². The average molecular weight is 1010 g/mol. The van der Waals surface area contributed by atoms with Gasteiger partial charge in [0.2, 0.25) is 0 Å². The van der Waals surface area contributed by atoms with Crippen LogP contribution in [0, 0.1) is 17.8 Å². The minimum atomic E-state index is -4.90. The first kappa shape index (κ1) is 64.5. The molecule has 0 spiro atoms. The molecule has 1 rings (SSSR count). The van der Waals surface area contributed by atoms with E-state index in [1.807, 2.05) is 18.2 Å². The van der Waals surface area contributed by atoms with Crippen LogP contribution in [0.15, 0.2) is 24.3 Å². The summed E-state index contributed by atoms with van der Waals surface area (Å²) in [5.41, 5.74) is 0. The van der Waals surface area contributed by atoms with Crippen molar-refractivity contribution in [3.05, 3.63) is 24.3 Å². The molecule has 0 radical (unpaired) electrons. The Bertz CT molecular complexity index is 1420. The zero-order valence-corrected chi connectivity index (χ0v) is 43.8. The molecular weight excluding hydrogens is 918 g/mol. The van der Waals surface area contributed by atoms with Crippen molar-refractivity contribution in [2.45, 2.75) is 237 Å². The van der Waals surface area contributed by atoms with Crippen molar-refractivity contribution < 1.29 is 76.9 Å². The second-order valence-corrected chi connectivity index (χ2v) is 21.9. The predicted molar refractivity (Wildman–Crippen MR) is 264 cm³/mol. The van der Waals surface area contributed by atoms with Crippen LogP contribution < -0.4 is 0 Å². The molecule has 16 nitrogen and oxygen atoms in total. The number of rotatable bonds is 45. The second kappa shape index (κ2) is 40.0. The van der Waals surface area contributed by atoms with Gasteiger partial charge in [0.1, 0.15) is 12.7 Å². The van der Waals surface area contributed by atoms with Gasteiger partial charge in [0.15, 0.2) is 6.10 Å². The summed E-state index contributed by atoms with van der Waals surface area (Å²) in [5, 5.41) is 41.2. The molecule has 0 amide bonds. The molecule has 0 aromatic heterocycles. The number of hydrogen-bond acceptors (Lipinski definition) is 13. The van der Waals surface area contributed by atoms with Crippen molar-refractivity contribution in [3.8, 4) is 0 Å². The van der Waals surface area contributed by atoms with Gasteiger partial charge in [-0.1, -0.05) is 180 Å². The molecule has 0 aromatic carbocycles. The van der Waals surface area contributed by atoms with Gasteiger partial charge in [0.05, 0.1) is 38.1 Å². The number of aliphatic hydroxyl groups is 4. The zero-order valence-electron chi connectivity index (χ0n) is 42.0. The third kappa shape index (κ3) is 37.3. The molecule has 1 unspecified atom stereocenters. The number of hydrogen-bond donors (Lipinski definition) is 7. The Hall–Kier alpha value is -1.52. The highest BCUT2D eigenvalue weighted by Gasteiger charge is 2.39. The molecular formula is C50H94O16P2. The number of carbonyl (C=O) groups excluding carboxylic acids is 2. The van der Waals surface area contributed by atoms with Gasteiger partial charge in [-0.3, -0.25) is 23.2 Å². The summed E-state index contributed by atoms with van der Waals surface area (Å²) in [7, 11) is -9.77. The highest BCUT2D eigenvalue weighted by Crippen LogP contribution is 2.44. The number of allylic oxidation sites excluding steroid dienone is 2. The Morgan fingerprint density at radius 1 is 0.618 bits per heavy atom. The monoisotopic (exact) mass is 1010 g/mol. The van der Waals surface area contributed by atoms with E-state index in [0.29, 0.717) is 32.1 Å². The molecule has 1 fully saturated rings. The van der Waals surface area contributed by atoms with Gasteiger partial charge in [0, 0.05) is 25.2 Å². The summed E-state index contributed by atoms with van der Waals surface area (Å²) >= 11 is 0. The van der Waals surface area contributed by atoms with Gasteiger partial charge in [-0.2, -0.15) is 0 Å². The molecule has 0 aromatic rings. The quantitative estimate of drug-likeness (QED) is 0.0130. The van der Waals surface area contributed by atoms with E-state index >= 15 is 0 Å². The molecule has 1 saturated carbocycles. The first-order chi connectivity index (χ1) is 32.4. The lowest BCUT2D eigenvalue weighted by Gasteiger charge is -2.20. The summed E-state index contributed by atoms with van der Waals surface area (Å²) in [6.07, 6.45) is 31.2. The topological polar surface area (TPSA) is 256 Å². The van der Waals surface area contributed by atoms with E-state index in [1.54, 1.807) is 6.08 Å². The largest absolute Gasteiger partial charge is 0.472 e. The number of unbranched alkanes of at least 4 members (excludes halogenated alkanes) is 20. The summed E-state index contributed by atoms with van der Waals surface area (Å²) in [6, 6.07) is 0. The van der Waals surface area contributed by atoms with E-state index in [4.69, 9.17) is 28.3 Å². The Kier molecular flexibility index (Phi) is 38.0. The summed E-state index contributed by atoms with van der Waals surface area (Å²) < 4.78 is 48.0. The van der Waals surface area contributed by atoms with Gasteiger partial charge in [0.25, 0.3) is 0 Å². The minimum absolute atomic E-state index is 0.0209. The molecule has 0 heterocycles. The van der Waals surface area contributed by atoms with Gasteiger partial charge in [-0.05, 0) is 43.9 Å². The van der Waals surface area contributed by atoms with Crippen LogP contribution in [0.2, 0.25) is 0 Å². The van der Waals surface area contributed by atoms with E-state index in [-0.39, 0.29) is 31.1 Å². The number of esters is 2. The van der Waals surface area contributed by atoms with Crippen LogP contribution in [0.5, 0.6) is 0 Å². The molecule has 8 atom stereocenters. The number of phosphoric ester groups is 2. The predicted octanol–water partition coefficient (Wildman–Crippen LogP) is 10.5. The molecule has 68 heavy (non-hydrogen) atoms. The van der Waals surface area contributed by atoms with Crippen LogP contribution in [0.4, 0.5) is 0 Å². The molecule has 7 N–H and O–H groups in total. The van der Waals surface area contributed by atoms with E-state index in [9.17, 15) is 44.0 Å². The number of aliphatic hydroxyl groups excluding tert-OH is 4. The maximum absolute atomic E-state index is 12.8. The van der Waals surface area contributed by atoms with Gasteiger partial charge in [-0.15, -0.1) is 0 Å². The average Bonchev–Trinajstić information content (AvgIpc) is 3.55. The SMILES string of the molecule is CCCCC[C@H](O)/C=C/[C@@H]1[C@@H](C/C=C/CCCC(=O)OC[C@H](COP(=O)(O)OC[C@@H](O)COP(=O)(O)O)OC(=O)CCCCCCCCCCCCCCCCCCCCC(C)C)[C@@H](O)C[C@H]1O. The molecule has 1 aliphatic rings. The Balaban J connectivity index is 2.45. The van der Waals surface area contributed by atoms with Crippen molar-refractivity contribution in [1.82, 2.24) is 0 Å². The molecule has 400 valence electrons. The Labute approximate surface area is 409 Å². The standard InChI is InChI=1S/C50H94O16P2/c1-4-5-24-30-42(51)34-35-46-45(47(53)36-48(46)54)31-26-22-23-27-32-49(55)62-39-44(40-65-68(60,61)64-38-43(52)37-63-67(57,58)59)66-50(56)33-28-21-19-17-15-13-11-9-7-6-8-10-12-14-16-18-20-25-29-41(2)3/h22,26,34-35,41-48,51-54H,4-21,23-25,27-33,36-40H2,1-3H3,(H,60,61)(H2,57,58,59)/b26-22+,35-34+/t42-,43-,44+,45+,46+,47-,48+/m0/s1. The van der Waals surface area contributed by atoms with Crippen molar-refractivity contribution in [2.24, 2.45) is 17.8 Å². The summed E-state index contributed by atoms with van der Waals surface area (Å²) in [4.78, 5) is 53.2. The molecule has 18 heteroatoms. The zero-order chi connectivity index (χ0) is 50.5. The Morgan fingerprint density at radius 3 is 1.69 bits per heavy atom. The van der Waals surface area contributed by atoms with Crippen LogP contribution in [-0.2, 0) is 41.8 Å². The van der Waals surface area contributed by atoms with Crippen molar-refractivity contribution >= 4 is 27.6 Å². The number of ether oxygens (including phenoxy) is 2. The molecule has 1 aliphatic carbocycles. The minimum Gasteiger partial charge on any atom is -0.462 e. The summed E-state index contributed by atoms with van der Waals surface area (Å²) in [5.74, 6) is -0.876. The maximum atomic E-state index is 12.8. The first-order valence-electron chi connectivity index (χ1n) is 26.1. The normalized spacial score (nSPS) is 20.0. The third-order valence-corrected chi connectivity index (χ3v) is 13.8. The van der Waals surface area contributed by atoms with Crippen LogP contribution in [-0.4, -0.2) is 104 Å². The van der Waals surface area contributed by atoms with Gasteiger partial charge < -0.3 is 44.6 Å². The smallest absolute Gasteiger partial charge is 0.462 e. The first-order valence-corrected chi connectivity index (χ1v) is 29.2. The maximum Gasteiger partial charge on any atom is 0.472 e. The number of carbonyl (C=O) groups is 2. The van der Waals surface area contributed by atoms with E-state index in [0.717, 1.165) is 50.9 Å². The van der Waals surface area contributed by atoms with Crippen molar-refractivity contribution in [1.29, 1.82) is 0 Å². The lowest BCUT2D eigenvalue weighted by atomic mass is 9.89. The number of phosphoric acid groups is 2. The Morgan fingerprint density at radius 2 is 1.13 bits per heavy atom. The van der Waals surface area contributed by atoms with E-state index < -0.39 is 84.5 Å². The van der Waals surface area contributed by atoms with Crippen molar-refractivity contribution in [2.75, 3.05) is 26.4 Å². The van der Waals surface area contributed by atoms with Crippen molar-refractivity contribution in [3.63, 3.8) is 0 Å². The highest BCUT2D eigenvalue weighted by atomic mass is 31.2. The molecule has 0 aliphatic heterocycles. The fourth-order valence-corrected chi connectivity index (χ4v) is 9.45. The third-order valence-electron chi connectivity index (χ3n) is 12.3. The van der Waals surface area contributed by atoms with Crippen LogP contribution in [0.25, 0.3) is 0 Å². The molecule has 0 saturated heterocycles. The summed E-state index contributed by atoms with van der Waals surface area (Å²) in [6.45, 7) is 3.77. The second-order valence-electron chi connectivity index (χ2n) is 19.3. The van der Waals surface area contributed by atoms with Crippen LogP contribution in [0.1, 0.15) is 207 Å². The van der Waals surface area contributed by atoms with E-state index in [2.05, 4.69) is 25.3 Å².